The van der Waals surface area contributed by atoms with Gasteiger partial charge in [0.05, 0.1) is 9.82 Å². The van der Waals surface area contributed by atoms with Crippen LogP contribution >= 0.6 is 11.8 Å². The molecule has 0 atom stereocenters. The van der Waals surface area contributed by atoms with Gasteiger partial charge in [0.25, 0.3) is 11.6 Å². The molecule has 2 aromatic rings. The van der Waals surface area contributed by atoms with Crippen LogP contribution in [0.3, 0.4) is 0 Å². The van der Waals surface area contributed by atoms with Crippen molar-refractivity contribution in [2.75, 3.05) is 14.1 Å². The topological polar surface area (TPSA) is 63.5 Å². The van der Waals surface area contributed by atoms with Crippen LogP contribution in [-0.4, -0.2) is 29.8 Å². The number of rotatable bonds is 4. The highest BCUT2D eigenvalue weighted by atomic mass is 32.2. The molecule has 0 aromatic heterocycles. The fraction of sp³-hybridized carbons (Fsp3) is 0.133. The van der Waals surface area contributed by atoms with Crippen molar-refractivity contribution in [3.05, 3.63) is 63.7 Å². The molecule has 0 saturated carbocycles. The molecule has 0 N–H and O–H groups in total. The number of benzene rings is 2. The van der Waals surface area contributed by atoms with E-state index >= 15 is 0 Å². The summed E-state index contributed by atoms with van der Waals surface area (Å²) in [7, 11) is 3.10. The van der Waals surface area contributed by atoms with Crippen molar-refractivity contribution >= 4 is 23.4 Å². The van der Waals surface area contributed by atoms with Crippen molar-refractivity contribution < 1.29 is 18.5 Å². The molecule has 2 rings (SSSR count). The van der Waals surface area contributed by atoms with Crippen LogP contribution in [0, 0.1) is 21.7 Å². The SMILES string of the molecule is CN(C)C(=O)c1ccc([N+](=O)[O-])c(Sc2ccc(F)cc2F)c1. The van der Waals surface area contributed by atoms with Crippen LogP contribution in [0.2, 0.25) is 0 Å². The van der Waals surface area contributed by atoms with Gasteiger partial charge in [-0.15, -0.1) is 0 Å². The molecule has 5 nitrogen and oxygen atoms in total. The van der Waals surface area contributed by atoms with E-state index in [-0.39, 0.29) is 26.9 Å². The Morgan fingerprint density at radius 1 is 1.13 bits per heavy atom. The second-order valence-electron chi connectivity index (χ2n) is 4.82. The van der Waals surface area contributed by atoms with Crippen LogP contribution in [0.15, 0.2) is 46.2 Å². The number of carbonyl (C=O) groups excluding carboxylic acids is 1. The zero-order chi connectivity index (χ0) is 17.1. The van der Waals surface area contributed by atoms with Gasteiger partial charge >= 0.3 is 0 Å². The van der Waals surface area contributed by atoms with Crippen LogP contribution in [0.25, 0.3) is 0 Å². The molecule has 1 amide bonds. The van der Waals surface area contributed by atoms with Crippen LogP contribution < -0.4 is 0 Å². The fourth-order valence-corrected chi connectivity index (χ4v) is 2.78. The molecular weight excluding hydrogens is 326 g/mol. The third-order valence-electron chi connectivity index (χ3n) is 2.92. The number of carbonyl (C=O) groups is 1. The van der Waals surface area contributed by atoms with Crippen LogP contribution in [0.5, 0.6) is 0 Å². The predicted molar refractivity (Wildman–Crippen MR) is 81.6 cm³/mol. The number of halogens is 2. The highest BCUT2D eigenvalue weighted by molar-refractivity contribution is 7.99. The van der Waals surface area contributed by atoms with Gasteiger partial charge < -0.3 is 4.90 Å². The molecule has 0 heterocycles. The van der Waals surface area contributed by atoms with Gasteiger partial charge in [0, 0.05) is 36.7 Å². The Morgan fingerprint density at radius 3 is 2.39 bits per heavy atom. The van der Waals surface area contributed by atoms with Gasteiger partial charge in [-0.2, -0.15) is 0 Å². The summed E-state index contributed by atoms with van der Waals surface area (Å²) in [5, 5.41) is 11.1. The summed E-state index contributed by atoms with van der Waals surface area (Å²) < 4.78 is 26.7. The average Bonchev–Trinajstić information content (AvgIpc) is 2.48. The molecule has 0 aliphatic carbocycles. The standard InChI is InChI=1S/C15H12F2N2O3S/c1-18(2)15(20)9-3-5-12(19(21)22)14(7-9)23-13-6-4-10(16)8-11(13)17/h3-8H,1-2H3. The summed E-state index contributed by atoms with van der Waals surface area (Å²) in [5.41, 5.74) is -0.0142. The molecule has 0 spiro atoms. The van der Waals surface area contributed by atoms with Crippen molar-refractivity contribution in [2.45, 2.75) is 9.79 Å². The van der Waals surface area contributed by atoms with Crippen molar-refractivity contribution in [1.29, 1.82) is 0 Å². The lowest BCUT2D eigenvalue weighted by molar-refractivity contribution is -0.387. The van der Waals surface area contributed by atoms with E-state index in [2.05, 4.69) is 0 Å². The lowest BCUT2D eigenvalue weighted by Crippen LogP contribution is -2.21. The highest BCUT2D eigenvalue weighted by Crippen LogP contribution is 2.37. The van der Waals surface area contributed by atoms with Gasteiger partial charge in [-0.3, -0.25) is 14.9 Å². The maximum atomic E-state index is 13.8. The van der Waals surface area contributed by atoms with Gasteiger partial charge in [-0.05, 0) is 24.3 Å². The Bertz CT molecular complexity index is 781. The summed E-state index contributed by atoms with van der Waals surface area (Å²) in [5.74, 6) is -1.90. The minimum absolute atomic E-state index is 0.0314. The van der Waals surface area contributed by atoms with E-state index in [9.17, 15) is 23.7 Å². The van der Waals surface area contributed by atoms with Gasteiger partial charge in [0.1, 0.15) is 11.6 Å². The number of hydrogen-bond donors (Lipinski definition) is 0. The zero-order valence-electron chi connectivity index (χ0n) is 12.2. The first-order chi connectivity index (χ1) is 10.8. The molecule has 0 bridgehead atoms. The van der Waals surface area contributed by atoms with Gasteiger partial charge in [-0.1, -0.05) is 11.8 Å². The second kappa shape index (κ2) is 6.74. The van der Waals surface area contributed by atoms with E-state index < -0.39 is 16.6 Å². The summed E-state index contributed by atoms with van der Waals surface area (Å²) in [4.78, 5) is 23.9. The molecule has 0 radical (unpaired) electrons. The van der Waals surface area contributed by atoms with E-state index in [4.69, 9.17) is 0 Å². The Labute approximate surface area is 135 Å². The number of amides is 1. The third kappa shape index (κ3) is 3.84. The molecule has 120 valence electrons. The Morgan fingerprint density at radius 2 is 1.83 bits per heavy atom. The maximum absolute atomic E-state index is 13.8. The van der Waals surface area contributed by atoms with E-state index in [1.807, 2.05) is 0 Å². The number of nitro benzene ring substituents is 1. The first-order valence-electron chi connectivity index (χ1n) is 6.42. The summed E-state index contributed by atoms with van der Waals surface area (Å²) in [6.45, 7) is 0. The quantitative estimate of drug-likeness (QED) is 0.629. The van der Waals surface area contributed by atoms with E-state index in [1.165, 1.54) is 29.2 Å². The molecule has 0 saturated heterocycles. The molecular formula is C15H12F2N2O3S. The minimum atomic E-state index is -0.825. The first kappa shape index (κ1) is 16.9. The first-order valence-corrected chi connectivity index (χ1v) is 7.24. The third-order valence-corrected chi connectivity index (χ3v) is 4.02. The predicted octanol–water partition coefficient (Wildman–Crippen LogP) is 3.73. The monoisotopic (exact) mass is 338 g/mol. The van der Waals surface area contributed by atoms with E-state index in [0.29, 0.717) is 6.07 Å². The molecule has 8 heteroatoms. The zero-order valence-corrected chi connectivity index (χ0v) is 13.1. The Hall–Kier alpha value is -2.48. The summed E-state index contributed by atoms with van der Waals surface area (Å²) >= 11 is 0.767. The molecule has 0 aliphatic rings. The van der Waals surface area contributed by atoms with Crippen molar-refractivity contribution in [3.8, 4) is 0 Å². The number of nitrogens with zero attached hydrogens (tertiary/aromatic N) is 2. The summed E-state index contributed by atoms with van der Waals surface area (Å²) in [6, 6.07) is 6.81. The highest BCUT2D eigenvalue weighted by Gasteiger charge is 2.20. The average molecular weight is 338 g/mol. The van der Waals surface area contributed by atoms with Crippen LogP contribution in [-0.2, 0) is 0 Å². The van der Waals surface area contributed by atoms with Crippen LogP contribution in [0.1, 0.15) is 10.4 Å². The van der Waals surface area contributed by atoms with E-state index in [1.54, 1.807) is 14.1 Å². The molecule has 0 aliphatic heterocycles. The number of nitro groups is 1. The van der Waals surface area contributed by atoms with Crippen molar-refractivity contribution in [3.63, 3.8) is 0 Å². The van der Waals surface area contributed by atoms with Gasteiger partial charge in [0.15, 0.2) is 0 Å². The van der Waals surface area contributed by atoms with E-state index in [0.717, 1.165) is 17.8 Å². The van der Waals surface area contributed by atoms with Crippen LogP contribution in [0.4, 0.5) is 14.5 Å². The lowest BCUT2D eigenvalue weighted by atomic mass is 10.2. The van der Waals surface area contributed by atoms with Crippen molar-refractivity contribution in [1.82, 2.24) is 4.90 Å². The fourth-order valence-electron chi connectivity index (χ4n) is 1.81. The normalized spacial score (nSPS) is 10.4. The Kier molecular flexibility index (Phi) is 4.95. The molecule has 23 heavy (non-hydrogen) atoms. The van der Waals surface area contributed by atoms with Gasteiger partial charge in [0.2, 0.25) is 0 Å². The largest absolute Gasteiger partial charge is 0.345 e. The maximum Gasteiger partial charge on any atom is 0.283 e. The molecule has 0 unspecified atom stereocenters. The lowest BCUT2D eigenvalue weighted by Gasteiger charge is -2.11. The minimum Gasteiger partial charge on any atom is -0.345 e. The molecule has 0 fully saturated rings. The second-order valence-corrected chi connectivity index (χ2v) is 5.90. The summed E-state index contributed by atoms with van der Waals surface area (Å²) in [6.07, 6.45) is 0. The smallest absolute Gasteiger partial charge is 0.283 e. The van der Waals surface area contributed by atoms with Crippen molar-refractivity contribution in [2.24, 2.45) is 0 Å². The Balaban J connectivity index is 2.47. The molecule has 2 aromatic carbocycles. The van der Waals surface area contributed by atoms with Gasteiger partial charge in [-0.25, -0.2) is 8.78 Å². The number of hydrogen-bond acceptors (Lipinski definition) is 4.